The molecular weight excluding hydrogens is 355 g/mol. The van der Waals surface area contributed by atoms with Crippen molar-refractivity contribution < 1.29 is 22.7 Å². The maximum Gasteiger partial charge on any atom is 0.416 e. The average molecular weight is 375 g/mol. The molecule has 0 aliphatic heterocycles. The number of nitrogens with zero attached hydrogens (tertiary/aromatic N) is 1. The maximum atomic E-state index is 12.9. The largest absolute Gasteiger partial charge is 0.462 e. The Kier molecular flexibility index (Phi) is 6.55. The number of benzene rings is 2. The zero-order valence-electron chi connectivity index (χ0n) is 15.3. The van der Waals surface area contributed by atoms with E-state index < -0.39 is 17.7 Å². The van der Waals surface area contributed by atoms with Gasteiger partial charge in [-0.3, -0.25) is 4.98 Å². The summed E-state index contributed by atoms with van der Waals surface area (Å²) in [6.45, 7) is 5.88. The molecule has 0 aliphatic carbocycles. The standard InChI is InChI=1S/C19H14F3NO2.C2H6/c1-2-25-18(24)15-11-23-16-10-13(19(20,21)22)8-9-14(16)17(15)12-6-4-3-5-7-12;1-2/h3-11H,2H2,1H3;1-2H3. The van der Waals surface area contributed by atoms with Crippen LogP contribution in [0.15, 0.2) is 54.7 Å². The van der Waals surface area contributed by atoms with E-state index in [2.05, 4.69) is 4.98 Å². The molecule has 0 saturated carbocycles. The number of pyridine rings is 1. The Bertz CT molecular complexity index is 922. The maximum absolute atomic E-state index is 12.9. The van der Waals surface area contributed by atoms with Crippen molar-refractivity contribution in [2.45, 2.75) is 26.9 Å². The van der Waals surface area contributed by atoms with Crippen LogP contribution in [0, 0.1) is 0 Å². The normalized spacial score (nSPS) is 10.9. The number of ether oxygens (including phenoxy) is 1. The van der Waals surface area contributed by atoms with Crippen LogP contribution in [0.1, 0.15) is 36.7 Å². The van der Waals surface area contributed by atoms with Gasteiger partial charge in [0.25, 0.3) is 0 Å². The second kappa shape index (κ2) is 8.66. The van der Waals surface area contributed by atoms with Gasteiger partial charge in [-0.1, -0.05) is 50.2 Å². The topological polar surface area (TPSA) is 39.2 Å². The summed E-state index contributed by atoms with van der Waals surface area (Å²) < 4.78 is 43.9. The highest BCUT2D eigenvalue weighted by molar-refractivity contribution is 6.06. The second-order valence-corrected chi connectivity index (χ2v) is 5.36. The van der Waals surface area contributed by atoms with Crippen LogP contribution in [0.2, 0.25) is 0 Å². The Morgan fingerprint density at radius 2 is 1.74 bits per heavy atom. The lowest BCUT2D eigenvalue weighted by molar-refractivity contribution is -0.137. The third-order valence-corrected chi connectivity index (χ3v) is 3.75. The molecule has 0 atom stereocenters. The number of carbonyl (C=O) groups excluding carboxylic acids is 1. The van der Waals surface area contributed by atoms with Gasteiger partial charge in [-0.25, -0.2) is 4.79 Å². The van der Waals surface area contributed by atoms with Crippen LogP contribution in [0.5, 0.6) is 0 Å². The van der Waals surface area contributed by atoms with Gasteiger partial charge in [-0.05, 0) is 24.6 Å². The number of hydrogen-bond acceptors (Lipinski definition) is 3. The van der Waals surface area contributed by atoms with Crippen LogP contribution in [0.3, 0.4) is 0 Å². The third-order valence-electron chi connectivity index (χ3n) is 3.75. The number of hydrogen-bond donors (Lipinski definition) is 0. The van der Waals surface area contributed by atoms with Gasteiger partial charge in [-0.2, -0.15) is 13.2 Å². The van der Waals surface area contributed by atoms with Crippen molar-refractivity contribution in [1.82, 2.24) is 4.98 Å². The monoisotopic (exact) mass is 375 g/mol. The van der Waals surface area contributed by atoms with Gasteiger partial charge in [-0.15, -0.1) is 0 Å². The van der Waals surface area contributed by atoms with E-state index in [4.69, 9.17) is 4.74 Å². The van der Waals surface area contributed by atoms with E-state index >= 15 is 0 Å². The van der Waals surface area contributed by atoms with Crippen molar-refractivity contribution in [3.8, 4) is 11.1 Å². The molecule has 0 bridgehead atoms. The minimum atomic E-state index is -4.46. The SMILES string of the molecule is CC.CCOC(=O)c1cnc2cc(C(F)(F)F)ccc2c1-c1ccccc1. The molecule has 1 heterocycles. The molecule has 1 aromatic heterocycles. The fourth-order valence-electron chi connectivity index (χ4n) is 2.65. The summed E-state index contributed by atoms with van der Waals surface area (Å²) in [5.41, 5.74) is 0.827. The van der Waals surface area contributed by atoms with E-state index in [1.807, 2.05) is 19.9 Å². The van der Waals surface area contributed by atoms with E-state index in [1.165, 1.54) is 12.3 Å². The first-order valence-electron chi connectivity index (χ1n) is 8.64. The fourth-order valence-corrected chi connectivity index (χ4v) is 2.65. The highest BCUT2D eigenvalue weighted by Crippen LogP contribution is 2.35. The molecule has 0 N–H and O–H groups in total. The molecule has 0 unspecified atom stereocenters. The van der Waals surface area contributed by atoms with E-state index in [1.54, 1.807) is 31.2 Å². The lowest BCUT2D eigenvalue weighted by atomic mass is 9.95. The van der Waals surface area contributed by atoms with Gasteiger partial charge in [0, 0.05) is 17.1 Å². The summed E-state index contributed by atoms with van der Waals surface area (Å²) in [7, 11) is 0. The molecule has 3 nitrogen and oxygen atoms in total. The predicted molar refractivity (Wildman–Crippen MR) is 99.5 cm³/mol. The van der Waals surface area contributed by atoms with Crippen LogP contribution >= 0.6 is 0 Å². The van der Waals surface area contributed by atoms with Gasteiger partial charge in [0.05, 0.1) is 23.3 Å². The predicted octanol–water partition coefficient (Wildman–Crippen LogP) is 6.12. The number of rotatable bonds is 3. The molecule has 0 saturated heterocycles. The van der Waals surface area contributed by atoms with Crippen molar-refractivity contribution >= 4 is 16.9 Å². The zero-order valence-corrected chi connectivity index (χ0v) is 15.3. The molecular formula is C21H20F3NO2. The number of esters is 1. The Morgan fingerprint density at radius 3 is 2.33 bits per heavy atom. The van der Waals surface area contributed by atoms with E-state index in [-0.39, 0.29) is 17.7 Å². The molecule has 0 radical (unpaired) electrons. The summed E-state index contributed by atoms with van der Waals surface area (Å²) in [5, 5.41) is 0.463. The Morgan fingerprint density at radius 1 is 1.07 bits per heavy atom. The second-order valence-electron chi connectivity index (χ2n) is 5.36. The van der Waals surface area contributed by atoms with Gasteiger partial charge in [0.2, 0.25) is 0 Å². The minimum absolute atomic E-state index is 0.168. The summed E-state index contributed by atoms with van der Waals surface area (Å²) in [6, 6.07) is 12.3. The molecule has 0 fully saturated rings. The minimum Gasteiger partial charge on any atom is -0.462 e. The molecule has 27 heavy (non-hydrogen) atoms. The number of aromatic nitrogens is 1. The molecule has 6 heteroatoms. The van der Waals surface area contributed by atoms with Crippen molar-refractivity contribution in [3.63, 3.8) is 0 Å². The zero-order chi connectivity index (χ0) is 20.0. The fraction of sp³-hybridized carbons (Fsp3) is 0.238. The number of fused-ring (bicyclic) bond motifs is 1. The first-order chi connectivity index (χ1) is 12.9. The van der Waals surface area contributed by atoms with Crippen LogP contribution < -0.4 is 0 Å². The number of halogens is 3. The summed E-state index contributed by atoms with van der Waals surface area (Å²) in [6.07, 6.45) is -3.19. The molecule has 142 valence electrons. The molecule has 0 aliphatic rings. The van der Waals surface area contributed by atoms with Crippen molar-refractivity contribution in [1.29, 1.82) is 0 Å². The summed E-state index contributed by atoms with van der Waals surface area (Å²) in [5.74, 6) is -0.560. The van der Waals surface area contributed by atoms with Crippen LogP contribution in [0.4, 0.5) is 13.2 Å². The van der Waals surface area contributed by atoms with Crippen molar-refractivity contribution in [3.05, 3.63) is 65.9 Å². The Labute approximate surface area is 155 Å². The molecule has 0 amide bonds. The van der Waals surface area contributed by atoms with Gasteiger partial charge >= 0.3 is 12.1 Å². The van der Waals surface area contributed by atoms with Crippen molar-refractivity contribution in [2.24, 2.45) is 0 Å². The quantitative estimate of drug-likeness (QED) is 0.518. The van der Waals surface area contributed by atoms with Crippen LogP contribution in [0.25, 0.3) is 22.0 Å². The van der Waals surface area contributed by atoms with Gasteiger partial charge < -0.3 is 4.74 Å². The molecule has 3 aromatic rings. The van der Waals surface area contributed by atoms with Crippen LogP contribution in [-0.2, 0) is 10.9 Å². The Hall–Kier alpha value is -2.89. The van der Waals surface area contributed by atoms with Gasteiger partial charge in [0.15, 0.2) is 0 Å². The summed E-state index contributed by atoms with van der Waals surface area (Å²) in [4.78, 5) is 16.3. The summed E-state index contributed by atoms with van der Waals surface area (Å²) >= 11 is 0. The highest BCUT2D eigenvalue weighted by atomic mass is 19.4. The third kappa shape index (κ3) is 4.45. The van der Waals surface area contributed by atoms with E-state index in [0.717, 1.165) is 12.1 Å². The van der Waals surface area contributed by atoms with Crippen molar-refractivity contribution in [2.75, 3.05) is 6.61 Å². The number of carbonyl (C=O) groups is 1. The first-order valence-corrected chi connectivity index (χ1v) is 8.64. The average Bonchev–Trinajstić information content (AvgIpc) is 2.68. The highest BCUT2D eigenvalue weighted by Gasteiger charge is 2.31. The lowest BCUT2D eigenvalue weighted by Gasteiger charge is -2.14. The first kappa shape index (κ1) is 20.4. The van der Waals surface area contributed by atoms with E-state index in [9.17, 15) is 18.0 Å². The molecule has 3 rings (SSSR count). The van der Waals surface area contributed by atoms with Gasteiger partial charge in [0.1, 0.15) is 0 Å². The molecule has 0 spiro atoms. The Balaban J connectivity index is 0.00000126. The number of alkyl halides is 3. The smallest absolute Gasteiger partial charge is 0.416 e. The lowest BCUT2D eigenvalue weighted by Crippen LogP contribution is -2.09. The van der Waals surface area contributed by atoms with Crippen LogP contribution in [-0.4, -0.2) is 17.6 Å². The van der Waals surface area contributed by atoms with E-state index in [0.29, 0.717) is 16.5 Å². The molecule has 2 aromatic carbocycles.